The van der Waals surface area contributed by atoms with Crippen LogP contribution in [0.3, 0.4) is 0 Å². The molecule has 1 aromatic carbocycles. The van der Waals surface area contributed by atoms with Crippen molar-refractivity contribution in [2.75, 3.05) is 0 Å². The minimum atomic E-state index is -0.541. The molecule has 0 aliphatic heterocycles. The number of hydrogen-bond donors (Lipinski definition) is 2. The van der Waals surface area contributed by atoms with E-state index in [9.17, 15) is 8.78 Å². The summed E-state index contributed by atoms with van der Waals surface area (Å²) in [5.41, 5.74) is 4.66. The van der Waals surface area contributed by atoms with Gasteiger partial charge in [-0.05, 0) is 49.8 Å². The van der Waals surface area contributed by atoms with Gasteiger partial charge in [-0.2, -0.15) is 0 Å². The summed E-state index contributed by atoms with van der Waals surface area (Å²) in [6, 6.07) is 3.58. The first-order valence-corrected chi connectivity index (χ1v) is 6.79. The molecule has 0 bridgehead atoms. The normalized spacial score (nSPS) is 17.7. The predicted molar refractivity (Wildman–Crippen MR) is 72.3 cm³/mol. The van der Waals surface area contributed by atoms with E-state index in [-0.39, 0.29) is 6.04 Å². The first kappa shape index (κ1) is 14.2. The summed E-state index contributed by atoms with van der Waals surface area (Å²) in [4.78, 5) is 0. The highest BCUT2D eigenvalue weighted by molar-refractivity contribution is 5.23. The van der Waals surface area contributed by atoms with E-state index in [4.69, 9.17) is 5.84 Å². The van der Waals surface area contributed by atoms with Gasteiger partial charge in [0.25, 0.3) is 0 Å². The van der Waals surface area contributed by atoms with Crippen LogP contribution >= 0.6 is 0 Å². The molecule has 0 amide bonds. The largest absolute Gasteiger partial charge is 0.271 e. The van der Waals surface area contributed by atoms with Crippen LogP contribution in [0.4, 0.5) is 8.78 Å². The Morgan fingerprint density at radius 1 is 1.11 bits per heavy atom. The van der Waals surface area contributed by atoms with Crippen molar-refractivity contribution in [1.82, 2.24) is 5.43 Å². The Kier molecular flexibility index (Phi) is 5.05. The van der Waals surface area contributed by atoms with Crippen molar-refractivity contribution < 1.29 is 8.78 Å². The lowest BCUT2D eigenvalue weighted by molar-refractivity contribution is 0.550. The Labute approximate surface area is 112 Å². The van der Waals surface area contributed by atoms with Gasteiger partial charge >= 0.3 is 0 Å². The zero-order valence-corrected chi connectivity index (χ0v) is 11.0. The second-order valence-electron chi connectivity index (χ2n) is 5.08. The molecule has 1 aromatic rings. The number of halogens is 2. The monoisotopic (exact) mass is 266 g/mol. The highest BCUT2D eigenvalue weighted by Crippen LogP contribution is 2.22. The molecule has 0 spiro atoms. The second kappa shape index (κ2) is 6.78. The molecule has 104 valence electrons. The highest BCUT2D eigenvalue weighted by atomic mass is 19.1. The number of allylic oxidation sites excluding steroid dienone is 1. The van der Waals surface area contributed by atoms with Crippen LogP contribution in [0, 0.1) is 11.6 Å². The van der Waals surface area contributed by atoms with Crippen LogP contribution in [0.1, 0.15) is 37.7 Å². The summed E-state index contributed by atoms with van der Waals surface area (Å²) < 4.78 is 26.4. The summed E-state index contributed by atoms with van der Waals surface area (Å²) in [5.74, 6) is 4.52. The van der Waals surface area contributed by atoms with E-state index in [1.54, 1.807) is 0 Å². The van der Waals surface area contributed by atoms with E-state index in [1.165, 1.54) is 30.5 Å². The third-order valence-corrected chi connectivity index (χ3v) is 3.59. The van der Waals surface area contributed by atoms with Crippen LogP contribution in [0.25, 0.3) is 0 Å². The molecule has 1 aliphatic carbocycles. The van der Waals surface area contributed by atoms with Gasteiger partial charge in [-0.3, -0.25) is 11.3 Å². The molecule has 1 aliphatic rings. The molecule has 0 saturated carbocycles. The molecule has 0 heterocycles. The van der Waals surface area contributed by atoms with Gasteiger partial charge in [0, 0.05) is 12.1 Å². The zero-order valence-electron chi connectivity index (χ0n) is 11.0. The second-order valence-corrected chi connectivity index (χ2v) is 5.08. The van der Waals surface area contributed by atoms with Gasteiger partial charge in [-0.15, -0.1) is 0 Å². The molecule has 4 heteroatoms. The molecule has 2 rings (SSSR count). The smallest absolute Gasteiger partial charge is 0.126 e. The van der Waals surface area contributed by atoms with E-state index >= 15 is 0 Å². The van der Waals surface area contributed by atoms with Crippen molar-refractivity contribution in [2.45, 2.75) is 44.6 Å². The van der Waals surface area contributed by atoms with Gasteiger partial charge in [-0.25, -0.2) is 8.78 Å². The maximum absolute atomic E-state index is 13.2. The SMILES string of the molecule is NNC(Cc1cc(F)cc(F)c1)C1=CCCCCC1. The van der Waals surface area contributed by atoms with Crippen LogP contribution in [-0.2, 0) is 6.42 Å². The predicted octanol–water partition coefficient (Wildman–Crippen LogP) is 3.23. The first-order valence-electron chi connectivity index (χ1n) is 6.79. The van der Waals surface area contributed by atoms with Crippen LogP contribution in [0.5, 0.6) is 0 Å². The third-order valence-electron chi connectivity index (χ3n) is 3.59. The van der Waals surface area contributed by atoms with Gasteiger partial charge < -0.3 is 0 Å². The fraction of sp³-hybridized carbons (Fsp3) is 0.467. The fourth-order valence-electron chi connectivity index (χ4n) is 2.62. The van der Waals surface area contributed by atoms with Crippen molar-refractivity contribution in [3.8, 4) is 0 Å². The molecule has 0 aromatic heterocycles. The molecule has 19 heavy (non-hydrogen) atoms. The lowest BCUT2D eigenvalue weighted by Crippen LogP contribution is -2.38. The van der Waals surface area contributed by atoms with E-state index in [1.807, 2.05) is 0 Å². The number of hydrazine groups is 1. The van der Waals surface area contributed by atoms with Gasteiger partial charge in [0.05, 0.1) is 0 Å². The topological polar surface area (TPSA) is 38.0 Å². The average molecular weight is 266 g/mol. The molecule has 1 atom stereocenters. The number of nitrogens with two attached hydrogens (primary N) is 1. The van der Waals surface area contributed by atoms with E-state index in [0.717, 1.165) is 25.3 Å². The molecule has 3 N–H and O–H groups in total. The lowest BCUT2D eigenvalue weighted by atomic mass is 9.96. The molecule has 0 saturated heterocycles. The van der Waals surface area contributed by atoms with Crippen LogP contribution in [0.15, 0.2) is 29.8 Å². The van der Waals surface area contributed by atoms with E-state index < -0.39 is 11.6 Å². The maximum Gasteiger partial charge on any atom is 0.126 e. The molecule has 1 unspecified atom stereocenters. The highest BCUT2D eigenvalue weighted by Gasteiger charge is 2.15. The van der Waals surface area contributed by atoms with Crippen LogP contribution < -0.4 is 11.3 Å². The molecule has 2 nitrogen and oxygen atoms in total. The van der Waals surface area contributed by atoms with Gasteiger partial charge in [0.1, 0.15) is 11.6 Å². The summed E-state index contributed by atoms with van der Waals surface area (Å²) in [5, 5.41) is 0. The summed E-state index contributed by atoms with van der Waals surface area (Å²) >= 11 is 0. The first-order chi connectivity index (χ1) is 9.19. The van der Waals surface area contributed by atoms with E-state index in [2.05, 4.69) is 11.5 Å². The Morgan fingerprint density at radius 2 is 1.84 bits per heavy atom. The molecular weight excluding hydrogens is 246 g/mol. The third kappa shape index (κ3) is 4.11. The minimum absolute atomic E-state index is 0.0423. The fourth-order valence-corrected chi connectivity index (χ4v) is 2.62. The van der Waals surface area contributed by atoms with Crippen LogP contribution in [-0.4, -0.2) is 6.04 Å². The minimum Gasteiger partial charge on any atom is -0.271 e. The Hall–Kier alpha value is -1.26. The van der Waals surface area contributed by atoms with Crippen molar-refractivity contribution in [3.63, 3.8) is 0 Å². The zero-order chi connectivity index (χ0) is 13.7. The van der Waals surface area contributed by atoms with Crippen molar-refractivity contribution in [3.05, 3.63) is 47.0 Å². The van der Waals surface area contributed by atoms with Gasteiger partial charge in [-0.1, -0.05) is 18.1 Å². The summed E-state index contributed by atoms with van der Waals surface area (Å²) in [6.45, 7) is 0. The summed E-state index contributed by atoms with van der Waals surface area (Å²) in [7, 11) is 0. The van der Waals surface area contributed by atoms with Crippen molar-refractivity contribution in [2.24, 2.45) is 5.84 Å². The Balaban J connectivity index is 2.11. The Bertz CT molecular complexity index is 437. The van der Waals surface area contributed by atoms with E-state index in [0.29, 0.717) is 12.0 Å². The standard InChI is InChI=1S/C15H20F2N2/c16-13-7-11(8-14(17)10-13)9-15(19-18)12-5-3-1-2-4-6-12/h5,7-8,10,15,19H,1-4,6,9,18H2. The lowest BCUT2D eigenvalue weighted by Gasteiger charge is -2.19. The number of benzene rings is 1. The number of nitrogens with one attached hydrogen (secondary N) is 1. The summed E-state index contributed by atoms with van der Waals surface area (Å²) in [6.07, 6.45) is 8.38. The molecule has 0 radical (unpaired) electrons. The van der Waals surface area contributed by atoms with Crippen molar-refractivity contribution in [1.29, 1.82) is 0 Å². The molecular formula is C15H20F2N2. The number of rotatable bonds is 4. The average Bonchev–Trinajstić information content (AvgIpc) is 2.63. The van der Waals surface area contributed by atoms with Gasteiger partial charge in [0.2, 0.25) is 0 Å². The van der Waals surface area contributed by atoms with Crippen molar-refractivity contribution >= 4 is 0 Å². The van der Waals surface area contributed by atoms with Crippen LogP contribution in [0.2, 0.25) is 0 Å². The van der Waals surface area contributed by atoms with Gasteiger partial charge in [0.15, 0.2) is 0 Å². The number of hydrogen-bond acceptors (Lipinski definition) is 2. The quantitative estimate of drug-likeness (QED) is 0.499. The molecule has 0 fully saturated rings. The maximum atomic E-state index is 13.2. The Morgan fingerprint density at radius 3 is 2.53 bits per heavy atom.